The van der Waals surface area contributed by atoms with Crippen LogP contribution in [-0.4, -0.2) is 18.2 Å². The van der Waals surface area contributed by atoms with Gasteiger partial charge in [0.15, 0.2) is 0 Å². The molecule has 0 saturated heterocycles. The lowest BCUT2D eigenvalue weighted by atomic mass is 10.1. The zero-order valence-corrected chi connectivity index (χ0v) is 12.4. The Balaban J connectivity index is 2.03. The summed E-state index contributed by atoms with van der Waals surface area (Å²) in [6.45, 7) is 4.14. The first kappa shape index (κ1) is 14.7. The normalized spacial score (nSPS) is 10.7. The number of methoxy groups -OCH3 is 1. The highest BCUT2D eigenvalue weighted by atomic mass is 16.5. The Morgan fingerprint density at radius 3 is 2.65 bits per heavy atom. The number of ether oxygens (including phenoxy) is 1. The Labute approximate surface area is 121 Å². The monoisotopic (exact) mass is 272 g/mol. The molecule has 0 aliphatic heterocycles. The molecule has 3 heteroatoms. The molecule has 2 aromatic rings. The van der Waals surface area contributed by atoms with E-state index >= 15 is 0 Å². The molecule has 0 unspecified atom stereocenters. The van der Waals surface area contributed by atoms with E-state index in [1.807, 2.05) is 18.2 Å². The number of hydrogen-bond acceptors (Lipinski definition) is 2. The van der Waals surface area contributed by atoms with E-state index in [1.165, 1.54) is 30.5 Å². The molecule has 1 aromatic carbocycles. The van der Waals surface area contributed by atoms with Crippen LogP contribution >= 0.6 is 0 Å². The lowest BCUT2D eigenvalue weighted by Crippen LogP contribution is -2.15. The van der Waals surface area contributed by atoms with Crippen LogP contribution in [0.5, 0.6) is 5.75 Å². The van der Waals surface area contributed by atoms with Gasteiger partial charge in [-0.15, -0.1) is 0 Å². The summed E-state index contributed by atoms with van der Waals surface area (Å²) < 4.78 is 7.56. The Hall–Kier alpha value is -1.74. The van der Waals surface area contributed by atoms with E-state index in [0.717, 1.165) is 18.8 Å². The molecule has 0 aliphatic rings. The predicted molar refractivity (Wildman–Crippen MR) is 83.6 cm³/mol. The van der Waals surface area contributed by atoms with Crippen LogP contribution in [0.25, 0.3) is 5.69 Å². The van der Waals surface area contributed by atoms with Gasteiger partial charge in [-0.1, -0.05) is 19.8 Å². The molecule has 1 aromatic heterocycles. The summed E-state index contributed by atoms with van der Waals surface area (Å²) in [5, 5.41) is 3.49. The highest BCUT2D eigenvalue weighted by molar-refractivity contribution is 5.44. The predicted octanol–water partition coefficient (Wildman–Crippen LogP) is 3.77. The second kappa shape index (κ2) is 7.75. The van der Waals surface area contributed by atoms with Crippen molar-refractivity contribution in [3.8, 4) is 11.4 Å². The molecule has 0 radical (unpaired) electrons. The third kappa shape index (κ3) is 3.87. The zero-order chi connectivity index (χ0) is 14.2. The van der Waals surface area contributed by atoms with E-state index in [9.17, 15) is 0 Å². The van der Waals surface area contributed by atoms with Gasteiger partial charge in [-0.3, -0.25) is 0 Å². The Kier molecular flexibility index (Phi) is 5.69. The van der Waals surface area contributed by atoms with Crippen molar-refractivity contribution in [1.29, 1.82) is 0 Å². The summed E-state index contributed by atoms with van der Waals surface area (Å²) in [5.41, 5.74) is 2.37. The molecule has 0 saturated carbocycles. The van der Waals surface area contributed by atoms with Crippen molar-refractivity contribution in [3.05, 3.63) is 48.3 Å². The van der Waals surface area contributed by atoms with E-state index in [4.69, 9.17) is 4.74 Å². The van der Waals surface area contributed by atoms with Crippen LogP contribution in [0.15, 0.2) is 42.7 Å². The van der Waals surface area contributed by atoms with Gasteiger partial charge in [0.2, 0.25) is 0 Å². The number of rotatable bonds is 8. The molecule has 20 heavy (non-hydrogen) atoms. The molecule has 108 valence electrons. The number of nitrogens with one attached hydrogen (secondary N) is 1. The van der Waals surface area contributed by atoms with Crippen LogP contribution in [-0.2, 0) is 6.54 Å². The first-order chi connectivity index (χ1) is 9.85. The summed E-state index contributed by atoms with van der Waals surface area (Å²) in [7, 11) is 1.73. The number of aromatic nitrogens is 1. The number of benzene rings is 1. The standard InChI is InChI=1S/C17H24N2O/c1-3-4-5-10-18-14-15-13-16(8-9-17(15)20-2)19-11-6-7-12-19/h6-9,11-13,18H,3-5,10,14H2,1-2H3. The molecule has 0 fully saturated rings. The third-order valence-corrected chi connectivity index (χ3v) is 3.44. The van der Waals surface area contributed by atoms with E-state index in [0.29, 0.717) is 0 Å². The van der Waals surface area contributed by atoms with Gasteiger partial charge in [-0.05, 0) is 43.3 Å². The molecule has 0 aliphatic carbocycles. The Bertz CT molecular complexity index is 506. The Morgan fingerprint density at radius 1 is 1.15 bits per heavy atom. The minimum atomic E-state index is 0.849. The summed E-state index contributed by atoms with van der Waals surface area (Å²) in [6, 6.07) is 10.4. The van der Waals surface area contributed by atoms with Crippen molar-refractivity contribution in [1.82, 2.24) is 9.88 Å². The summed E-state index contributed by atoms with van der Waals surface area (Å²) >= 11 is 0. The lowest BCUT2D eigenvalue weighted by molar-refractivity contribution is 0.407. The van der Waals surface area contributed by atoms with Crippen LogP contribution in [0.4, 0.5) is 0 Å². The average molecular weight is 272 g/mol. The topological polar surface area (TPSA) is 26.2 Å². The first-order valence-electron chi connectivity index (χ1n) is 7.36. The van der Waals surface area contributed by atoms with E-state index < -0.39 is 0 Å². The molecule has 2 rings (SSSR count). The smallest absolute Gasteiger partial charge is 0.123 e. The van der Waals surface area contributed by atoms with Gasteiger partial charge in [0.05, 0.1) is 7.11 Å². The number of hydrogen-bond donors (Lipinski definition) is 1. The molecule has 1 N–H and O–H groups in total. The fraction of sp³-hybridized carbons (Fsp3) is 0.412. The van der Waals surface area contributed by atoms with E-state index in [2.05, 4.69) is 41.3 Å². The lowest BCUT2D eigenvalue weighted by Gasteiger charge is -2.12. The molecule has 0 bridgehead atoms. The van der Waals surface area contributed by atoms with Crippen molar-refractivity contribution in [3.63, 3.8) is 0 Å². The van der Waals surface area contributed by atoms with Gasteiger partial charge >= 0.3 is 0 Å². The van der Waals surface area contributed by atoms with Gasteiger partial charge in [0.25, 0.3) is 0 Å². The quantitative estimate of drug-likeness (QED) is 0.740. The Morgan fingerprint density at radius 2 is 1.95 bits per heavy atom. The van der Waals surface area contributed by atoms with Crippen molar-refractivity contribution in [2.24, 2.45) is 0 Å². The maximum Gasteiger partial charge on any atom is 0.123 e. The highest BCUT2D eigenvalue weighted by Gasteiger charge is 2.05. The third-order valence-electron chi connectivity index (χ3n) is 3.44. The summed E-state index contributed by atoms with van der Waals surface area (Å²) in [4.78, 5) is 0. The van der Waals surface area contributed by atoms with Crippen molar-refractivity contribution in [2.75, 3.05) is 13.7 Å². The largest absolute Gasteiger partial charge is 0.496 e. The maximum atomic E-state index is 5.45. The SMILES string of the molecule is CCCCCNCc1cc(-n2cccc2)ccc1OC. The fourth-order valence-electron chi connectivity index (χ4n) is 2.29. The van der Waals surface area contributed by atoms with Crippen molar-refractivity contribution >= 4 is 0 Å². The van der Waals surface area contributed by atoms with Crippen LogP contribution in [0, 0.1) is 0 Å². The first-order valence-corrected chi connectivity index (χ1v) is 7.36. The second-order valence-electron chi connectivity index (χ2n) is 4.97. The molecule has 3 nitrogen and oxygen atoms in total. The van der Waals surface area contributed by atoms with Crippen molar-refractivity contribution in [2.45, 2.75) is 32.7 Å². The number of nitrogens with zero attached hydrogens (tertiary/aromatic N) is 1. The minimum absolute atomic E-state index is 0.849. The molecule has 0 amide bonds. The van der Waals surface area contributed by atoms with Gasteiger partial charge in [0, 0.05) is 30.2 Å². The summed E-state index contributed by atoms with van der Waals surface area (Å²) in [6.07, 6.45) is 7.89. The van der Waals surface area contributed by atoms with Crippen LogP contribution in [0.1, 0.15) is 31.7 Å². The average Bonchev–Trinajstić information content (AvgIpc) is 3.01. The van der Waals surface area contributed by atoms with Gasteiger partial charge in [0.1, 0.15) is 5.75 Å². The van der Waals surface area contributed by atoms with E-state index in [-0.39, 0.29) is 0 Å². The van der Waals surface area contributed by atoms with Gasteiger partial charge < -0.3 is 14.6 Å². The van der Waals surface area contributed by atoms with E-state index in [1.54, 1.807) is 7.11 Å². The molecular weight excluding hydrogens is 248 g/mol. The fourth-order valence-corrected chi connectivity index (χ4v) is 2.29. The van der Waals surface area contributed by atoms with Crippen LogP contribution in [0.3, 0.4) is 0 Å². The van der Waals surface area contributed by atoms with Crippen LogP contribution in [0.2, 0.25) is 0 Å². The van der Waals surface area contributed by atoms with Crippen LogP contribution < -0.4 is 10.1 Å². The van der Waals surface area contributed by atoms with Gasteiger partial charge in [-0.25, -0.2) is 0 Å². The molecule has 0 spiro atoms. The second-order valence-corrected chi connectivity index (χ2v) is 4.97. The number of unbranched alkanes of at least 4 members (excludes halogenated alkanes) is 2. The molecular formula is C17H24N2O. The highest BCUT2D eigenvalue weighted by Crippen LogP contribution is 2.22. The molecule has 1 heterocycles. The minimum Gasteiger partial charge on any atom is -0.496 e. The summed E-state index contributed by atoms with van der Waals surface area (Å²) in [5.74, 6) is 0.948. The zero-order valence-electron chi connectivity index (χ0n) is 12.4. The van der Waals surface area contributed by atoms with Gasteiger partial charge in [-0.2, -0.15) is 0 Å². The van der Waals surface area contributed by atoms with Crippen molar-refractivity contribution < 1.29 is 4.74 Å². The maximum absolute atomic E-state index is 5.45. The molecule has 0 atom stereocenters.